The van der Waals surface area contributed by atoms with Gasteiger partial charge in [0.15, 0.2) is 0 Å². The summed E-state index contributed by atoms with van der Waals surface area (Å²) >= 11 is 0. The Balaban J connectivity index is 2.52. The van der Waals surface area contributed by atoms with E-state index in [4.69, 9.17) is 10.5 Å². The summed E-state index contributed by atoms with van der Waals surface area (Å²) in [5.74, 6) is 0.902. The number of aromatic amines is 1. The summed E-state index contributed by atoms with van der Waals surface area (Å²) < 4.78 is 5.34. The fraction of sp³-hybridized carbons (Fsp3) is 0.385. The zero-order valence-corrected chi connectivity index (χ0v) is 9.84. The van der Waals surface area contributed by atoms with Gasteiger partial charge in [0.25, 0.3) is 0 Å². The number of benzene rings is 1. The molecule has 0 saturated carbocycles. The van der Waals surface area contributed by atoms with Gasteiger partial charge in [-0.1, -0.05) is 6.07 Å². The number of aromatic nitrogens is 1. The van der Waals surface area contributed by atoms with Crippen LogP contribution in [0, 0.1) is 6.92 Å². The maximum Gasteiger partial charge on any atom is 0.142 e. The molecule has 2 rings (SSSR count). The van der Waals surface area contributed by atoms with Gasteiger partial charge < -0.3 is 15.5 Å². The number of hydrogen-bond donors (Lipinski definition) is 2. The van der Waals surface area contributed by atoms with E-state index in [2.05, 4.69) is 24.2 Å². The van der Waals surface area contributed by atoms with Crippen LogP contribution in [-0.2, 0) is 6.42 Å². The first-order valence-corrected chi connectivity index (χ1v) is 5.61. The van der Waals surface area contributed by atoms with Crippen molar-refractivity contribution in [3.05, 3.63) is 29.5 Å². The van der Waals surface area contributed by atoms with Crippen molar-refractivity contribution in [2.45, 2.75) is 19.8 Å². The topological polar surface area (TPSA) is 51.0 Å². The smallest absolute Gasteiger partial charge is 0.142 e. The molecule has 2 aromatic rings. The Morgan fingerprint density at radius 1 is 1.38 bits per heavy atom. The molecule has 0 unspecified atom stereocenters. The van der Waals surface area contributed by atoms with Gasteiger partial charge in [-0.2, -0.15) is 0 Å². The molecule has 0 aliphatic carbocycles. The highest BCUT2D eigenvalue weighted by Gasteiger charge is 2.09. The van der Waals surface area contributed by atoms with E-state index in [0.717, 1.165) is 30.7 Å². The third kappa shape index (κ3) is 1.78. The van der Waals surface area contributed by atoms with E-state index in [-0.39, 0.29) is 0 Å². The number of hydrogen-bond acceptors (Lipinski definition) is 2. The van der Waals surface area contributed by atoms with Crippen molar-refractivity contribution in [2.75, 3.05) is 13.7 Å². The Morgan fingerprint density at radius 2 is 2.19 bits per heavy atom. The fourth-order valence-electron chi connectivity index (χ4n) is 2.14. The molecule has 0 aliphatic heterocycles. The minimum atomic E-state index is 0.732. The molecule has 86 valence electrons. The summed E-state index contributed by atoms with van der Waals surface area (Å²) in [5.41, 5.74) is 9.25. The van der Waals surface area contributed by atoms with E-state index in [0.29, 0.717) is 0 Å². The van der Waals surface area contributed by atoms with Gasteiger partial charge in [-0.15, -0.1) is 0 Å². The number of methoxy groups -OCH3 is 1. The molecule has 3 nitrogen and oxygen atoms in total. The van der Waals surface area contributed by atoms with Crippen LogP contribution in [0.3, 0.4) is 0 Å². The van der Waals surface area contributed by atoms with Crippen LogP contribution < -0.4 is 10.5 Å². The third-order valence-corrected chi connectivity index (χ3v) is 2.96. The zero-order chi connectivity index (χ0) is 11.5. The van der Waals surface area contributed by atoms with Crippen molar-refractivity contribution in [1.29, 1.82) is 0 Å². The molecule has 0 amide bonds. The van der Waals surface area contributed by atoms with Gasteiger partial charge in [-0.3, -0.25) is 0 Å². The Labute approximate surface area is 95.6 Å². The van der Waals surface area contributed by atoms with Gasteiger partial charge in [-0.05, 0) is 43.5 Å². The monoisotopic (exact) mass is 218 g/mol. The van der Waals surface area contributed by atoms with Crippen molar-refractivity contribution in [2.24, 2.45) is 5.73 Å². The normalized spacial score (nSPS) is 10.9. The zero-order valence-electron chi connectivity index (χ0n) is 9.84. The molecule has 0 saturated heterocycles. The number of H-pyrrole nitrogens is 1. The number of aryl methyl sites for hydroxylation is 2. The first-order chi connectivity index (χ1) is 7.77. The van der Waals surface area contributed by atoms with Gasteiger partial charge in [0.1, 0.15) is 5.75 Å². The molecule has 1 heterocycles. The molecule has 0 atom stereocenters. The first-order valence-electron chi connectivity index (χ1n) is 5.61. The molecular formula is C13H18N2O. The number of fused-ring (bicyclic) bond motifs is 1. The van der Waals surface area contributed by atoms with E-state index < -0.39 is 0 Å². The average Bonchev–Trinajstić information content (AvgIpc) is 2.72. The third-order valence-electron chi connectivity index (χ3n) is 2.96. The summed E-state index contributed by atoms with van der Waals surface area (Å²) in [6.07, 6.45) is 4.10. The standard InChI is InChI=1S/C13H18N2O/c1-9-5-6-11(16-2)13-12(9)10(8-15-13)4-3-7-14/h5-6,8,15H,3-4,7,14H2,1-2H3. The van der Waals surface area contributed by atoms with Gasteiger partial charge in [0.2, 0.25) is 0 Å². The van der Waals surface area contributed by atoms with Crippen LogP contribution in [0.4, 0.5) is 0 Å². The van der Waals surface area contributed by atoms with Crippen LogP contribution >= 0.6 is 0 Å². The van der Waals surface area contributed by atoms with Crippen LogP contribution in [-0.4, -0.2) is 18.6 Å². The number of nitrogens with one attached hydrogen (secondary N) is 1. The Bertz CT molecular complexity index is 488. The molecular weight excluding hydrogens is 200 g/mol. The molecule has 0 aliphatic rings. The highest BCUT2D eigenvalue weighted by atomic mass is 16.5. The van der Waals surface area contributed by atoms with E-state index >= 15 is 0 Å². The summed E-state index contributed by atoms with van der Waals surface area (Å²) in [6, 6.07) is 4.10. The van der Waals surface area contributed by atoms with Gasteiger partial charge in [0.05, 0.1) is 12.6 Å². The SMILES string of the molecule is COc1ccc(C)c2c(CCCN)c[nH]c12. The van der Waals surface area contributed by atoms with Gasteiger partial charge in [0, 0.05) is 11.6 Å². The predicted molar refractivity (Wildman–Crippen MR) is 67.0 cm³/mol. The quantitative estimate of drug-likeness (QED) is 0.827. The minimum Gasteiger partial charge on any atom is -0.495 e. The maximum atomic E-state index is 5.55. The average molecular weight is 218 g/mol. The Hall–Kier alpha value is -1.48. The molecule has 3 N–H and O–H groups in total. The van der Waals surface area contributed by atoms with Crippen LogP contribution in [0.5, 0.6) is 5.75 Å². The summed E-state index contributed by atoms with van der Waals surface area (Å²) in [5, 5.41) is 1.28. The molecule has 0 spiro atoms. The van der Waals surface area contributed by atoms with Crippen molar-refractivity contribution in [3.8, 4) is 5.75 Å². The van der Waals surface area contributed by atoms with Crippen LogP contribution in [0.2, 0.25) is 0 Å². The molecule has 1 aromatic heterocycles. The van der Waals surface area contributed by atoms with Crippen LogP contribution in [0.15, 0.2) is 18.3 Å². The van der Waals surface area contributed by atoms with E-state index in [1.54, 1.807) is 7.11 Å². The maximum absolute atomic E-state index is 5.55. The first kappa shape index (κ1) is 11.0. The van der Waals surface area contributed by atoms with E-state index in [1.807, 2.05) is 6.07 Å². The number of nitrogens with two attached hydrogens (primary N) is 1. The molecule has 0 bridgehead atoms. The lowest BCUT2D eigenvalue weighted by atomic mass is 10.0. The van der Waals surface area contributed by atoms with E-state index in [9.17, 15) is 0 Å². The molecule has 0 fully saturated rings. The highest BCUT2D eigenvalue weighted by molar-refractivity contribution is 5.91. The Morgan fingerprint density at radius 3 is 2.88 bits per heavy atom. The second kappa shape index (κ2) is 4.58. The summed E-state index contributed by atoms with van der Waals surface area (Å²) in [7, 11) is 1.70. The second-order valence-corrected chi connectivity index (χ2v) is 4.04. The van der Waals surface area contributed by atoms with Crippen molar-refractivity contribution < 1.29 is 4.74 Å². The Kier molecular flexibility index (Phi) is 3.15. The lowest BCUT2D eigenvalue weighted by molar-refractivity contribution is 0.419. The van der Waals surface area contributed by atoms with Crippen molar-refractivity contribution in [1.82, 2.24) is 4.98 Å². The lowest BCUT2D eigenvalue weighted by Crippen LogP contribution is -2.00. The molecule has 3 heteroatoms. The highest BCUT2D eigenvalue weighted by Crippen LogP contribution is 2.30. The van der Waals surface area contributed by atoms with Crippen LogP contribution in [0.1, 0.15) is 17.5 Å². The fourth-order valence-corrected chi connectivity index (χ4v) is 2.14. The molecule has 0 radical (unpaired) electrons. The van der Waals surface area contributed by atoms with Gasteiger partial charge in [-0.25, -0.2) is 0 Å². The van der Waals surface area contributed by atoms with Crippen LogP contribution in [0.25, 0.3) is 10.9 Å². The van der Waals surface area contributed by atoms with Gasteiger partial charge >= 0.3 is 0 Å². The second-order valence-electron chi connectivity index (χ2n) is 4.04. The summed E-state index contributed by atoms with van der Waals surface area (Å²) in [6.45, 7) is 2.86. The largest absolute Gasteiger partial charge is 0.495 e. The van der Waals surface area contributed by atoms with Crippen molar-refractivity contribution >= 4 is 10.9 Å². The molecule has 1 aromatic carbocycles. The number of ether oxygens (including phenoxy) is 1. The lowest BCUT2D eigenvalue weighted by Gasteiger charge is -2.05. The van der Waals surface area contributed by atoms with E-state index in [1.165, 1.54) is 16.5 Å². The minimum absolute atomic E-state index is 0.732. The number of rotatable bonds is 4. The summed E-state index contributed by atoms with van der Waals surface area (Å²) in [4.78, 5) is 3.29. The predicted octanol–water partition coefficient (Wildman–Crippen LogP) is 2.38. The molecule has 16 heavy (non-hydrogen) atoms. The van der Waals surface area contributed by atoms with Crippen molar-refractivity contribution in [3.63, 3.8) is 0 Å².